The van der Waals surface area contributed by atoms with Crippen LogP contribution < -0.4 is 5.73 Å². The molecule has 0 saturated heterocycles. The van der Waals surface area contributed by atoms with Gasteiger partial charge in [-0.2, -0.15) is 0 Å². The monoisotopic (exact) mass is 173 g/mol. The van der Waals surface area contributed by atoms with Crippen molar-refractivity contribution in [2.45, 2.75) is 46.1 Å². The summed E-state index contributed by atoms with van der Waals surface area (Å²) in [6.45, 7) is 8.23. The van der Waals surface area contributed by atoms with Crippen LogP contribution in [0.15, 0.2) is 0 Å². The fraction of sp³-hybridized carbons (Fsp3) is 1.00. The van der Waals surface area contributed by atoms with E-state index in [0.29, 0.717) is 6.04 Å². The predicted octanol–water partition coefficient (Wildman–Crippen LogP) is 2.18. The summed E-state index contributed by atoms with van der Waals surface area (Å²) in [5, 5.41) is 0. The molecule has 0 aliphatic rings. The minimum atomic E-state index is 0.323. The molecule has 0 aromatic carbocycles. The molecule has 2 N–H and O–H groups in total. The van der Waals surface area contributed by atoms with E-state index >= 15 is 0 Å². The molecule has 2 heteroatoms. The highest BCUT2D eigenvalue weighted by Gasteiger charge is 1.98. The third-order valence-electron chi connectivity index (χ3n) is 2.00. The van der Waals surface area contributed by atoms with Gasteiger partial charge in [0.15, 0.2) is 0 Å². The normalized spacial score (nSPS) is 13.8. The zero-order valence-corrected chi connectivity index (χ0v) is 8.68. The van der Waals surface area contributed by atoms with Crippen LogP contribution in [0.5, 0.6) is 0 Å². The first kappa shape index (κ1) is 11.9. The van der Waals surface area contributed by atoms with Gasteiger partial charge in [0.1, 0.15) is 0 Å². The first-order chi connectivity index (χ1) is 5.66. The van der Waals surface area contributed by atoms with E-state index in [2.05, 4.69) is 20.8 Å². The van der Waals surface area contributed by atoms with Gasteiger partial charge >= 0.3 is 0 Å². The summed E-state index contributed by atoms with van der Waals surface area (Å²) in [6.07, 6.45) is 3.20. The quantitative estimate of drug-likeness (QED) is 0.599. The maximum Gasteiger partial charge on any atom is 0.0480 e. The van der Waals surface area contributed by atoms with Crippen LogP contribution in [0.2, 0.25) is 0 Å². The van der Waals surface area contributed by atoms with Gasteiger partial charge in [0.05, 0.1) is 0 Å². The molecular weight excluding hydrogens is 150 g/mol. The molecule has 1 atom stereocenters. The van der Waals surface area contributed by atoms with E-state index in [4.69, 9.17) is 10.5 Å². The van der Waals surface area contributed by atoms with Crippen LogP contribution in [0, 0.1) is 5.92 Å². The van der Waals surface area contributed by atoms with Crippen molar-refractivity contribution in [3.05, 3.63) is 0 Å². The summed E-state index contributed by atoms with van der Waals surface area (Å²) >= 11 is 0. The summed E-state index contributed by atoms with van der Waals surface area (Å²) in [4.78, 5) is 0. The van der Waals surface area contributed by atoms with Crippen molar-refractivity contribution in [1.29, 1.82) is 0 Å². The minimum absolute atomic E-state index is 0.323. The average molecular weight is 173 g/mol. The van der Waals surface area contributed by atoms with Crippen molar-refractivity contribution in [3.8, 4) is 0 Å². The van der Waals surface area contributed by atoms with Crippen LogP contribution in [0.1, 0.15) is 40.0 Å². The first-order valence-corrected chi connectivity index (χ1v) is 5.00. The molecule has 0 heterocycles. The molecule has 0 spiro atoms. The zero-order valence-electron chi connectivity index (χ0n) is 8.68. The van der Waals surface area contributed by atoms with Gasteiger partial charge in [0.2, 0.25) is 0 Å². The Kier molecular flexibility index (Phi) is 7.51. The SMILES string of the molecule is CCC(N)CCOCCC(C)C. The molecular formula is C10H23NO. The van der Waals surface area contributed by atoms with Gasteiger partial charge in [-0.1, -0.05) is 20.8 Å². The molecule has 0 bridgehead atoms. The molecule has 0 aliphatic carbocycles. The Hall–Kier alpha value is -0.0800. The van der Waals surface area contributed by atoms with Gasteiger partial charge in [-0.15, -0.1) is 0 Å². The molecule has 0 radical (unpaired) electrons. The Bertz CT molecular complexity index is 93.8. The first-order valence-electron chi connectivity index (χ1n) is 5.00. The summed E-state index contributed by atoms with van der Waals surface area (Å²) < 4.78 is 5.44. The lowest BCUT2D eigenvalue weighted by Gasteiger charge is -2.09. The third kappa shape index (κ3) is 8.02. The fourth-order valence-corrected chi connectivity index (χ4v) is 0.860. The second kappa shape index (κ2) is 7.56. The molecule has 0 rings (SSSR count). The number of rotatable bonds is 7. The predicted molar refractivity (Wildman–Crippen MR) is 53.2 cm³/mol. The molecule has 0 aliphatic heterocycles. The Morgan fingerprint density at radius 2 is 1.75 bits per heavy atom. The maximum absolute atomic E-state index is 5.73. The molecule has 74 valence electrons. The van der Waals surface area contributed by atoms with Crippen LogP contribution in [0.3, 0.4) is 0 Å². The van der Waals surface area contributed by atoms with E-state index in [-0.39, 0.29) is 0 Å². The molecule has 0 aromatic heterocycles. The van der Waals surface area contributed by atoms with Crippen molar-refractivity contribution in [2.75, 3.05) is 13.2 Å². The molecule has 0 saturated carbocycles. The number of nitrogens with two attached hydrogens (primary N) is 1. The highest BCUT2D eigenvalue weighted by Crippen LogP contribution is 2.00. The van der Waals surface area contributed by atoms with Gasteiger partial charge in [-0.25, -0.2) is 0 Å². The molecule has 0 fully saturated rings. The van der Waals surface area contributed by atoms with Crippen LogP contribution in [0.4, 0.5) is 0 Å². The summed E-state index contributed by atoms with van der Waals surface area (Å²) in [7, 11) is 0. The van der Waals surface area contributed by atoms with E-state index in [9.17, 15) is 0 Å². The van der Waals surface area contributed by atoms with Crippen LogP contribution in [0.25, 0.3) is 0 Å². The maximum atomic E-state index is 5.73. The summed E-state index contributed by atoms with van der Waals surface area (Å²) in [6, 6.07) is 0.323. The van der Waals surface area contributed by atoms with Crippen molar-refractivity contribution < 1.29 is 4.74 Å². The average Bonchev–Trinajstić information content (AvgIpc) is 2.03. The van der Waals surface area contributed by atoms with E-state index in [1.165, 1.54) is 0 Å². The van der Waals surface area contributed by atoms with Crippen molar-refractivity contribution in [2.24, 2.45) is 11.7 Å². The van der Waals surface area contributed by atoms with Crippen LogP contribution in [-0.4, -0.2) is 19.3 Å². The smallest absolute Gasteiger partial charge is 0.0480 e. The Morgan fingerprint density at radius 1 is 1.17 bits per heavy atom. The van der Waals surface area contributed by atoms with Crippen molar-refractivity contribution in [1.82, 2.24) is 0 Å². The van der Waals surface area contributed by atoms with Gasteiger partial charge < -0.3 is 10.5 Å². The van der Waals surface area contributed by atoms with E-state index in [1.54, 1.807) is 0 Å². The number of hydrogen-bond acceptors (Lipinski definition) is 2. The molecule has 1 unspecified atom stereocenters. The number of ether oxygens (including phenoxy) is 1. The molecule has 0 aromatic rings. The molecule has 0 amide bonds. The van der Waals surface area contributed by atoms with Crippen molar-refractivity contribution in [3.63, 3.8) is 0 Å². The van der Waals surface area contributed by atoms with E-state index in [1.807, 2.05) is 0 Å². The largest absolute Gasteiger partial charge is 0.381 e. The lowest BCUT2D eigenvalue weighted by Crippen LogP contribution is -2.20. The van der Waals surface area contributed by atoms with Gasteiger partial charge in [-0.05, 0) is 25.2 Å². The number of hydrogen-bond donors (Lipinski definition) is 1. The third-order valence-corrected chi connectivity index (χ3v) is 2.00. The highest BCUT2D eigenvalue weighted by molar-refractivity contribution is 4.56. The second-order valence-corrected chi connectivity index (χ2v) is 3.75. The van der Waals surface area contributed by atoms with Gasteiger partial charge in [0.25, 0.3) is 0 Å². The van der Waals surface area contributed by atoms with E-state index in [0.717, 1.165) is 38.4 Å². The Morgan fingerprint density at radius 3 is 2.25 bits per heavy atom. The van der Waals surface area contributed by atoms with Crippen LogP contribution in [-0.2, 0) is 4.74 Å². The lowest BCUT2D eigenvalue weighted by molar-refractivity contribution is 0.117. The standard InChI is InChI=1S/C10H23NO/c1-4-10(11)6-8-12-7-5-9(2)3/h9-10H,4-8,11H2,1-3H3. The van der Waals surface area contributed by atoms with Crippen LogP contribution >= 0.6 is 0 Å². The fourth-order valence-electron chi connectivity index (χ4n) is 0.860. The minimum Gasteiger partial charge on any atom is -0.381 e. The van der Waals surface area contributed by atoms with Gasteiger partial charge in [0, 0.05) is 19.3 Å². The topological polar surface area (TPSA) is 35.2 Å². The highest BCUT2D eigenvalue weighted by atomic mass is 16.5. The van der Waals surface area contributed by atoms with Gasteiger partial charge in [-0.3, -0.25) is 0 Å². The second-order valence-electron chi connectivity index (χ2n) is 3.75. The summed E-state index contributed by atoms with van der Waals surface area (Å²) in [5.74, 6) is 0.741. The molecule has 12 heavy (non-hydrogen) atoms. The molecule has 2 nitrogen and oxygen atoms in total. The van der Waals surface area contributed by atoms with Crippen molar-refractivity contribution >= 4 is 0 Å². The lowest BCUT2D eigenvalue weighted by atomic mass is 10.1. The summed E-state index contributed by atoms with van der Waals surface area (Å²) in [5.41, 5.74) is 5.73. The van der Waals surface area contributed by atoms with E-state index < -0.39 is 0 Å². The Labute approximate surface area is 76.5 Å². The Balaban J connectivity index is 3.00. The zero-order chi connectivity index (χ0) is 9.40.